The van der Waals surface area contributed by atoms with Crippen LogP contribution >= 0.6 is 23.5 Å². The molecule has 33 heavy (non-hydrogen) atoms. The van der Waals surface area contributed by atoms with E-state index >= 15 is 0 Å². The number of carbonyl (C=O) groups excluding carboxylic acids is 1. The average molecular weight is 490 g/mol. The van der Waals surface area contributed by atoms with Crippen molar-refractivity contribution in [2.24, 2.45) is 0 Å². The summed E-state index contributed by atoms with van der Waals surface area (Å²) >= 11 is 7.84. The molecule has 0 saturated heterocycles. The smallest absolute Gasteiger partial charge is 0.261 e. The molecule has 0 spiro atoms. The summed E-state index contributed by atoms with van der Waals surface area (Å²) < 4.78 is 14.4. The molecule has 6 nitrogen and oxygen atoms in total. The zero-order valence-corrected chi connectivity index (χ0v) is 21.4. The Hall–Kier alpha value is -2.19. The first-order valence-corrected chi connectivity index (χ1v) is 12.3. The fourth-order valence-electron chi connectivity index (χ4n) is 3.51. The molecule has 1 atom stereocenters. The highest BCUT2D eigenvalue weighted by molar-refractivity contribution is 7.97. The number of rotatable bonds is 10. The Balaban J connectivity index is 1.85. The van der Waals surface area contributed by atoms with Crippen LogP contribution < -0.4 is 9.46 Å². The van der Waals surface area contributed by atoms with Crippen molar-refractivity contribution >= 4 is 35.2 Å². The number of halogens is 1. The minimum Gasteiger partial charge on any atom is -0.497 e. The van der Waals surface area contributed by atoms with Gasteiger partial charge in [0.25, 0.3) is 5.91 Å². The van der Waals surface area contributed by atoms with Crippen molar-refractivity contribution in [3.8, 4) is 5.75 Å². The molecular formula is C25H32ClN3O3S. The van der Waals surface area contributed by atoms with Gasteiger partial charge in [0.05, 0.1) is 32.0 Å². The van der Waals surface area contributed by atoms with E-state index in [0.29, 0.717) is 13.2 Å². The van der Waals surface area contributed by atoms with Gasteiger partial charge in [0.15, 0.2) is 0 Å². The zero-order chi connectivity index (χ0) is 24.0. The number of amides is 1. The molecule has 0 saturated carbocycles. The number of ether oxygens (including phenoxy) is 2. The quantitative estimate of drug-likeness (QED) is 0.474. The summed E-state index contributed by atoms with van der Waals surface area (Å²) in [6.45, 7) is 6.54. The molecule has 8 heteroatoms. The monoisotopic (exact) mass is 489 g/mol. The number of benzene rings is 2. The second-order valence-electron chi connectivity index (χ2n) is 8.26. The normalized spacial score (nSPS) is 16.6. The van der Waals surface area contributed by atoms with Crippen molar-refractivity contribution in [2.75, 3.05) is 26.5 Å². The number of hydrogen-bond acceptors (Lipinski definition) is 6. The van der Waals surface area contributed by atoms with Crippen molar-refractivity contribution < 1.29 is 14.3 Å². The van der Waals surface area contributed by atoms with Gasteiger partial charge in [-0.2, -0.15) is 0 Å². The van der Waals surface area contributed by atoms with Gasteiger partial charge in [-0.15, -0.1) is 0 Å². The molecule has 0 aliphatic carbocycles. The van der Waals surface area contributed by atoms with Gasteiger partial charge in [0.1, 0.15) is 11.4 Å². The summed E-state index contributed by atoms with van der Waals surface area (Å²) in [5.41, 5.74) is 2.15. The fourth-order valence-corrected chi connectivity index (χ4v) is 4.23. The molecule has 1 aliphatic heterocycles. The van der Waals surface area contributed by atoms with Gasteiger partial charge in [-0.25, -0.2) is 5.01 Å². The Bertz CT molecular complexity index is 998. The number of nitrogens with zero attached hydrogens (tertiary/aromatic N) is 2. The average Bonchev–Trinajstić information content (AvgIpc) is 3.12. The van der Waals surface area contributed by atoms with Crippen molar-refractivity contribution in [1.29, 1.82) is 0 Å². The van der Waals surface area contributed by atoms with Gasteiger partial charge in [-0.3, -0.25) is 9.52 Å². The van der Waals surface area contributed by atoms with Gasteiger partial charge >= 0.3 is 0 Å². The minimum absolute atomic E-state index is 0.0559. The standard InChI is InChI=1S/C25H32ClN3O3S/c1-6-33-27-24(30)25(2,3)32-17-20-15-23(18-11-9-12-21(14-18)31-5)29(28(20)4)16-19-10-7-8-13-22(19)26/h7-15,20H,6,16-17H2,1-5H3,(H,27,30). The topological polar surface area (TPSA) is 54.0 Å². The van der Waals surface area contributed by atoms with Crippen LogP contribution in [-0.4, -0.2) is 54.1 Å². The Labute approximate surface area is 206 Å². The molecule has 178 valence electrons. The lowest BCUT2D eigenvalue weighted by molar-refractivity contribution is -0.143. The van der Waals surface area contributed by atoms with Crippen LogP contribution in [0.2, 0.25) is 5.02 Å². The minimum atomic E-state index is -0.941. The predicted molar refractivity (Wildman–Crippen MR) is 136 cm³/mol. The maximum atomic E-state index is 12.5. The van der Waals surface area contributed by atoms with Crippen LogP contribution in [0.15, 0.2) is 54.6 Å². The van der Waals surface area contributed by atoms with Gasteiger partial charge in [-0.1, -0.05) is 60.8 Å². The van der Waals surface area contributed by atoms with Crippen LogP contribution in [0.5, 0.6) is 5.75 Å². The first-order chi connectivity index (χ1) is 15.8. The molecule has 2 aromatic carbocycles. The lowest BCUT2D eigenvalue weighted by atomic mass is 10.1. The molecular weight excluding hydrogens is 458 g/mol. The molecule has 1 aliphatic rings. The van der Waals surface area contributed by atoms with Crippen LogP contribution in [0.3, 0.4) is 0 Å². The third-order valence-corrected chi connectivity index (χ3v) is 6.59. The first-order valence-electron chi connectivity index (χ1n) is 10.9. The van der Waals surface area contributed by atoms with E-state index in [0.717, 1.165) is 33.3 Å². The summed E-state index contributed by atoms with van der Waals surface area (Å²) in [5, 5.41) is 5.04. The lowest BCUT2D eigenvalue weighted by Gasteiger charge is -2.34. The summed E-state index contributed by atoms with van der Waals surface area (Å²) in [6, 6.07) is 15.8. The van der Waals surface area contributed by atoms with E-state index in [-0.39, 0.29) is 11.9 Å². The largest absolute Gasteiger partial charge is 0.497 e. The van der Waals surface area contributed by atoms with Gasteiger partial charge < -0.3 is 14.5 Å². The summed E-state index contributed by atoms with van der Waals surface area (Å²) in [4.78, 5) is 12.5. The second kappa shape index (κ2) is 11.3. The third kappa shape index (κ3) is 6.23. The molecule has 1 amide bonds. The molecule has 1 heterocycles. The third-order valence-electron chi connectivity index (χ3n) is 5.60. The maximum Gasteiger partial charge on any atom is 0.261 e. The second-order valence-corrected chi connectivity index (χ2v) is 9.74. The number of nitrogens with one attached hydrogen (secondary N) is 1. The molecule has 0 aromatic heterocycles. The van der Waals surface area contributed by atoms with Crippen LogP contribution in [-0.2, 0) is 16.1 Å². The van der Waals surface area contributed by atoms with Gasteiger partial charge in [0.2, 0.25) is 0 Å². The highest BCUT2D eigenvalue weighted by Crippen LogP contribution is 2.34. The van der Waals surface area contributed by atoms with Crippen LogP contribution in [0, 0.1) is 0 Å². The molecule has 0 bridgehead atoms. The van der Waals surface area contributed by atoms with E-state index in [2.05, 4.69) is 26.9 Å². The number of methoxy groups -OCH3 is 1. The highest BCUT2D eigenvalue weighted by Gasteiger charge is 2.34. The van der Waals surface area contributed by atoms with E-state index in [1.54, 1.807) is 21.0 Å². The summed E-state index contributed by atoms with van der Waals surface area (Å²) in [5.74, 6) is 1.45. The van der Waals surface area contributed by atoms with Crippen LogP contribution in [0.4, 0.5) is 0 Å². The molecule has 0 radical (unpaired) electrons. The maximum absolute atomic E-state index is 12.5. The van der Waals surface area contributed by atoms with E-state index in [1.165, 1.54) is 11.9 Å². The fraction of sp³-hybridized carbons (Fsp3) is 0.400. The SMILES string of the molecule is CCSNC(=O)C(C)(C)OCC1C=C(c2cccc(OC)c2)N(Cc2ccccc2Cl)N1C. The van der Waals surface area contributed by atoms with Gasteiger partial charge in [-0.05, 0) is 43.7 Å². The number of hydrazine groups is 1. The van der Waals surface area contributed by atoms with E-state index in [9.17, 15) is 4.79 Å². The Morgan fingerprint density at radius 2 is 1.97 bits per heavy atom. The van der Waals surface area contributed by atoms with Crippen molar-refractivity contribution in [3.05, 3.63) is 70.8 Å². The van der Waals surface area contributed by atoms with Gasteiger partial charge in [0, 0.05) is 23.4 Å². The number of hydrogen-bond donors (Lipinski definition) is 1. The van der Waals surface area contributed by atoms with Crippen molar-refractivity contribution in [1.82, 2.24) is 14.7 Å². The zero-order valence-electron chi connectivity index (χ0n) is 19.8. The first kappa shape index (κ1) is 25.4. The summed E-state index contributed by atoms with van der Waals surface area (Å²) in [6.07, 6.45) is 2.17. The number of carbonyl (C=O) groups is 1. The molecule has 0 fully saturated rings. The van der Waals surface area contributed by atoms with E-state index in [4.69, 9.17) is 21.1 Å². The Morgan fingerprint density at radius 1 is 1.21 bits per heavy atom. The molecule has 1 N–H and O–H groups in total. The molecule has 2 aromatic rings. The molecule has 3 rings (SSSR count). The predicted octanol–water partition coefficient (Wildman–Crippen LogP) is 5.00. The lowest BCUT2D eigenvalue weighted by Crippen LogP contribution is -2.46. The van der Waals surface area contributed by atoms with E-state index in [1.807, 2.05) is 56.4 Å². The van der Waals surface area contributed by atoms with E-state index < -0.39 is 5.60 Å². The van der Waals surface area contributed by atoms with Crippen LogP contribution in [0.1, 0.15) is 31.9 Å². The molecule has 1 unspecified atom stereocenters. The van der Waals surface area contributed by atoms with Crippen molar-refractivity contribution in [2.45, 2.75) is 39.0 Å². The van der Waals surface area contributed by atoms with Crippen molar-refractivity contribution in [3.63, 3.8) is 0 Å². The van der Waals surface area contributed by atoms with Crippen LogP contribution in [0.25, 0.3) is 5.70 Å². The highest BCUT2D eigenvalue weighted by atomic mass is 35.5. The Kier molecular flexibility index (Phi) is 8.70. The number of likely N-dealkylation sites (N-methyl/N-ethyl adjacent to an activating group) is 1. The summed E-state index contributed by atoms with van der Waals surface area (Å²) in [7, 11) is 3.69. The Morgan fingerprint density at radius 3 is 2.67 bits per heavy atom.